The third kappa shape index (κ3) is 1.30. The Morgan fingerprint density at radius 3 is 2.73 bits per heavy atom. The van der Waals surface area contributed by atoms with Crippen LogP contribution >= 0.6 is 0 Å². The highest BCUT2D eigenvalue weighted by Crippen LogP contribution is 2.28. The first-order valence-corrected chi connectivity index (χ1v) is 4.46. The largest absolute Gasteiger partial charge is 0.508 e. The molecule has 0 radical (unpaired) electrons. The SMILES string of the molecule is C=CCc1c(O)ccc2c1C(=O)NC2=O. The van der Waals surface area contributed by atoms with E-state index in [2.05, 4.69) is 11.9 Å². The molecule has 1 aliphatic rings. The molecule has 4 nitrogen and oxygen atoms in total. The van der Waals surface area contributed by atoms with Gasteiger partial charge in [-0.25, -0.2) is 0 Å². The van der Waals surface area contributed by atoms with Crippen molar-refractivity contribution in [2.24, 2.45) is 0 Å². The lowest BCUT2D eigenvalue weighted by atomic mass is 9.99. The Kier molecular flexibility index (Phi) is 2.04. The van der Waals surface area contributed by atoms with Crippen molar-refractivity contribution in [1.82, 2.24) is 5.32 Å². The summed E-state index contributed by atoms with van der Waals surface area (Å²) in [7, 11) is 0. The van der Waals surface area contributed by atoms with Gasteiger partial charge in [-0.2, -0.15) is 0 Å². The molecule has 15 heavy (non-hydrogen) atoms. The molecule has 2 rings (SSSR count). The first-order chi connectivity index (χ1) is 7.15. The van der Waals surface area contributed by atoms with E-state index in [1.165, 1.54) is 12.1 Å². The minimum atomic E-state index is -0.456. The summed E-state index contributed by atoms with van der Waals surface area (Å²) >= 11 is 0. The number of nitrogens with one attached hydrogen (secondary N) is 1. The van der Waals surface area contributed by atoms with E-state index in [9.17, 15) is 14.7 Å². The van der Waals surface area contributed by atoms with Crippen LogP contribution in [0.3, 0.4) is 0 Å². The average Bonchev–Trinajstić information content (AvgIpc) is 2.47. The van der Waals surface area contributed by atoms with E-state index >= 15 is 0 Å². The highest BCUT2D eigenvalue weighted by Gasteiger charge is 2.30. The van der Waals surface area contributed by atoms with Crippen molar-refractivity contribution in [3.8, 4) is 5.75 Å². The number of hydrogen-bond donors (Lipinski definition) is 2. The molecule has 1 aromatic carbocycles. The molecule has 1 aromatic rings. The van der Waals surface area contributed by atoms with Crippen LogP contribution in [0.4, 0.5) is 0 Å². The van der Waals surface area contributed by atoms with Gasteiger partial charge in [-0.15, -0.1) is 6.58 Å². The van der Waals surface area contributed by atoms with Crippen molar-refractivity contribution in [2.75, 3.05) is 0 Å². The van der Waals surface area contributed by atoms with E-state index in [0.29, 0.717) is 17.5 Å². The minimum absolute atomic E-state index is 0.0125. The standard InChI is InChI=1S/C11H9NO3/c1-2-3-6-8(13)5-4-7-9(6)11(15)12-10(7)14/h2,4-5,13H,1,3H2,(H,12,14,15). The monoisotopic (exact) mass is 203 g/mol. The van der Waals surface area contributed by atoms with E-state index in [4.69, 9.17) is 0 Å². The number of fused-ring (bicyclic) bond motifs is 1. The molecule has 1 aliphatic heterocycles. The third-order valence-corrected chi connectivity index (χ3v) is 2.34. The summed E-state index contributed by atoms with van der Waals surface area (Å²) in [6.45, 7) is 3.54. The average molecular weight is 203 g/mol. The van der Waals surface area contributed by atoms with Gasteiger partial charge in [0.15, 0.2) is 0 Å². The van der Waals surface area contributed by atoms with Crippen molar-refractivity contribution in [2.45, 2.75) is 6.42 Å². The lowest BCUT2D eigenvalue weighted by molar-refractivity contribution is 0.0879. The van der Waals surface area contributed by atoms with Crippen LogP contribution in [0, 0.1) is 0 Å². The number of rotatable bonds is 2. The Labute approximate surface area is 86.2 Å². The molecule has 0 atom stereocenters. The van der Waals surface area contributed by atoms with E-state index < -0.39 is 11.8 Å². The normalized spacial score (nSPS) is 13.6. The third-order valence-electron chi connectivity index (χ3n) is 2.34. The minimum Gasteiger partial charge on any atom is -0.508 e. The van der Waals surface area contributed by atoms with Crippen LogP contribution in [-0.2, 0) is 6.42 Å². The lowest BCUT2D eigenvalue weighted by Gasteiger charge is -2.05. The molecule has 1 heterocycles. The molecule has 0 bridgehead atoms. The van der Waals surface area contributed by atoms with Crippen molar-refractivity contribution in [1.29, 1.82) is 0 Å². The molecule has 0 saturated carbocycles. The molecule has 0 fully saturated rings. The Balaban J connectivity index is 2.69. The van der Waals surface area contributed by atoms with E-state index in [0.717, 1.165) is 0 Å². The molecule has 0 spiro atoms. The zero-order valence-corrected chi connectivity index (χ0v) is 7.91. The highest BCUT2D eigenvalue weighted by molar-refractivity contribution is 6.22. The van der Waals surface area contributed by atoms with Crippen LogP contribution in [-0.4, -0.2) is 16.9 Å². The van der Waals surface area contributed by atoms with Gasteiger partial charge in [-0.1, -0.05) is 6.08 Å². The summed E-state index contributed by atoms with van der Waals surface area (Å²) in [4.78, 5) is 22.8. The van der Waals surface area contributed by atoms with Crippen LogP contribution in [0.15, 0.2) is 24.8 Å². The summed E-state index contributed by atoms with van der Waals surface area (Å²) in [5.41, 5.74) is 1.03. The fourth-order valence-electron chi connectivity index (χ4n) is 1.67. The van der Waals surface area contributed by atoms with Gasteiger partial charge in [0.2, 0.25) is 0 Å². The second-order valence-corrected chi connectivity index (χ2v) is 3.26. The Morgan fingerprint density at radius 1 is 1.33 bits per heavy atom. The number of amides is 2. The van der Waals surface area contributed by atoms with Gasteiger partial charge in [0.25, 0.3) is 11.8 Å². The second kappa shape index (κ2) is 3.24. The zero-order chi connectivity index (χ0) is 11.0. The van der Waals surface area contributed by atoms with E-state index in [1.807, 2.05) is 0 Å². The number of benzene rings is 1. The molecule has 0 unspecified atom stereocenters. The van der Waals surface area contributed by atoms with Gasteiger partial charge in [-0.05, 0) is 18.6 Å². The molecule has 4 heteroatoms. The topological polar surface area (TPSA) is 66.4 Å². The Hall–Kier alpha value is -2.10. The summed E-state index contributed by atoms with van der Waals surface area (Å²) in [6.07, 6.45) is 1.93. The van der Waals surface area contributed by atoms with Crippen LogP contribution < -0.4 is 5.32 Å². The van der Waals surface area contributed by atoms with Gasteiger partial charge >= 0.3 is 0 Å². The molecule has 0 aromatic heterocycles. The number of hydrogen-bond acceptors (Lipinski definition) is 3. The van der Waals surface area contributed by atoms with Crippen LogP contribution in [0.25, 0.3) is 0 Å². The number of phenolic OH excluding ortho intramolecular Hbond substituents is 1. The fraction of sp³-hybridized carbons (Fsp3) is 0.0909. The number of aromatic hydroxyl groups is 1. The Morgan fingerprint density at radius 2 is 2.07 bits per heavy atom. The summed E-state index contributed by atoms with van der Waals surface area (Å²) in [6, 6.07) is 2.85. The lowest BCUT2D eigenvalue weighted by Crippen LogP contribution is -2.20. The number of imide groups is 1. The predicted molar refractivity (Wildman–Crippen MR) is 53.8 cm³/mol. The van der Waals surface area contributed by atoms with Crippen molar-refractivity contribution in [3.05, 3.63) is 41.5 Å². The fourth-order valence-corrected chi connectivity index (χ4v) is 1.67. The maximum atomic E-state index is 11.4. The van der Waals surface area contributed by atoms with Crippen LogP contribution in [0.2, 0.25) is 0 Å². The van der Waals surface area contributed by atoms with Gasteiger partial charge < -0.3 is 5.11 Å². The number of phenols is 1. The summed E-state index contributed by atoms with van der Waals surface area (Å²) in [5.74, 6) is -0.860. The molecule has 76 valence electrons. The molecule has 0 saturated heterocycles. The van der Waals surface area contributed by atoms with Crippen LogP contribution in [0.1, 0.15) is 26.3 Å². The molecule has 2 amide bonds. The zero-order valence-electron chi connectivity index (χ0n) is 7.91. The highest BCUT2D eigenvalue weighted by atomic mass is 16.3. The van der Waals surface area contributed by atoms with Crippen molar-refractivity contribution < 1.29 is 14.7 Å². The molecular formula is C11H9NO3. The second-order valence-electron chi connectivity index (χ2n) is 3.26. The first kappa shape index (κ1) is 9.45. The summed E-state index contributed by atoms with van der Waals surface area (Å²) in [5, 5.41) is 11.8. The van der Waals surface area contributed by atoms with E-state index in [1.54, 1.807) is 6.08 Å². The van der Waals surface area contributed by atoms with Gasteiger partial charge in [-0.3, -0.25) is 14.9 Å². The Bertz CT molecular complexity index is 477. The van der Waals surface area contributed by atoms with Crippen LogP contribution in [0.5, 0.6) is 5.75 Å². The van der Waals surface area contributed by atoms with Gasteiger partial charge in [0, 0.05) is 5.56 Å². The van der Waals surface area contributed by atoms with Gasteiger partial charge in [0.05, 0.1) is 11.1 Å². The maximum absolute atomic E-state index is 11.4. The smallest absolute Gasteiger partial charge is 0.259 e. The quantitative estimate of drug-likeness (QED) is 0.556. The van der Waals surface area contributed by atoms with E-state index in [-0.39, 0.29) is 11.3 Å². The molecule has 0 aliphatic carbocycles. The molecular weight excluding hydrogens is 194 g/mol. The van der Waals surface area contributed by atoms with Crippen molar-refractivity contribution >= 4 is 11.8 Å². The number of allylic oxidation sites excluding steroid dienone is 1. The van der Waals surface area contributed by atoms with Crippen molar-refractivity contribution in [3.63, 3.8) is 0 Å². The molecule has 2 N–H and O–H groups in total. The predicted octanol–water partition coefficient (Wildman–Crippen LogP) is 1.00. The summed E-state index contributed by atoms with van der Waals surface area (Å²) < 4.78 is 0. The number of carbonyl (C=O) groups is 2. The number of carbonyl (C=O) groups excluding carboxylic acids is 2. The maximum Gasteiger partial charge on any atom is 0.259 e. The first-order valence-electron chi connectivity index (χ1n) is 4.46. The van der Waals surface area contributed by atoms with Gasteiger partial charge in [0.1, 0.15) is 5.75 Å².